The highest BCUT2D eigenvalue weighted by molar-refractivity contribution is 8.00. The van der Waals surface area contributed by atoms with Gasteiger partial charge in [0.2, 0.25) is 0 Å². The zero-order valence-corrected chi connectivity index (χ0v) is 27.6. The second-order valence-corrected chi connectivity index (χ2v) is 15.0. The SMILES string of the molecule is c1ccc(C(Sc2ccc3ccccc3c2-c2c(P(c3ccccc3)c3ccccc3)ccc3ccccc23)c2ccccc2)cc1. The second kappa shape index (κ2) is 13.4. The molecule has 0 nitrogen and oxygen atoms in total. The third-order valence-electron chi connectivity index (χ3n) is 8.77. The molecule has 0 N–H and O–H groups in total. The molecule has 224 valence electrons. The molecule has 0 heterocycles. The van der Waals surface area contributed by atoms with Crippen LogP contribution in [0.25, 0.3) is 32.7 Å². The fourth-order valence-corrected chi connectivity index (χ4v) is 10.4. The molecule has 0 aliphatic rings. The van der Waals surface area contributed by atoms with Gasteiger partial charge in [-0.1, -0.05) is 188 Å². The Balaban J connectivity index is 1.44. The van der Waals surface area contributed by atoms with Gasteiger partial charge in [-0.2, -0.15) is 0 Å². The fourth-order valence-electron chi connectivity index (χ4n) is 6.61. The van der Waals surface area contributed by atoms with E-state index >= 15 is 0 Å². The maximum absolute atomic E-state index is 2.41. The topological polar surface area (TPSA) is 0 Å². The minimum atomic E-state index is -0.849. The van der Waals surface area contributed by atoms with Crippen molar-refractivity contribution in [1.82, 2.24) is 0 Å². The Hall–Kier alpha value is -4.94. The first kappa shape index (κ1) is 29.5. The van der Waals surface area contributed by atoms with E-state index in [1.54, 1.807) is 0 Å². The van der Waals surface area contributed by atoms with Crippen molar-refractivity contribution in [3.8, 4) is 11.1 Å². The van der Waals surface area contributed by atoms with Gasteiger partial charge in [0, 0.05) is 10.5 Å². The lowest BCUT2D eigenvalue weighted by Crippen LogP contribution is -2.22. The number of hydrogen-bond donors (Lipinski definition) is 0. The molecule has 2 heteroatoms. The molecule has 0 radical (unpaired) electrons. The molecule has 0 amide bonds. The third kappa shape index (κ3) is 5.90. The van der Waals surface area contributed by atoms with Gasteiger partial charge in [0.1, 0.15) is 0 Å². The highest BCUT2D eigenvalue weighted by atomic mass is 32.2. The van der Waals surface area contributed by atoms with E-state index in [4.69, 9.17) is 0 Å². The fraction of sp³-hybridized carbons (Fsp3) is 0.0222. The Bertz CT molecular complexity index is 2190. The van der Waals surface area contributed by atoms with Crippen molar-refractivity contribution in [1.29, 1.82) is 0 Å². The van der Waals surface area contributed by atoms with E-state index in [1.165, 1.54) is 64.6 Å². The van der Waals surface area contributed by atoms with Crippen molar-refractivity contribution in [2.24, 2.45) is 0 Å². The van der Waals surface area contributed by atoms with Gasteiger partial charge < -0.3 is 0 Å². The van der Waals surface area contributed by atoms with Gasteiger partial charge in [0.05, 0.1) is 5.25 Å². The van der Waals surface area contributed by atoms with E-state index in [0.29, 0.717) is 0 Å². The standard InChI is InChI=1S/C45H33PS/c1-5-19-35(20-6-1)45(36-21-7-2-8-22-36)47-42-32-30-34-18-14-16-28-40(34)44(42)43-39-27-15-13-17-33(39)29-31-41(43)46(37-23-9-3-10-24-37)38-25-11-4-12-26-38/h1-32,45H. The molecule has 0 spiro atoms. The van der Waals surface area contributed by atoms with Gasteiger partial charge in [0.15, 0.2) is 0 Å². The number of benzene rings is 8. The van der Waals surface area contributed by atoms with Crippen molar-refractivity contribution in [3.05, 3.63) is 205 Å². The summed E-state index contributed by atoms with van der Waals surface area (Å²) in [6.45, 7) is 0. The van der Waals surface area contributed by atoms with E-state index in [9.17, 15) is 0 Å². The number of rotatable bonds is 8. The number of fused-ring (bicyclic) bond motifs is 2. The third-order valence-corrected chi connectivity index (χ3v) is 12.6. The number of hydrogen-bond acceptors (Lipinski definition) is 1. The normalized spacial score (nSPS) is 11.4. The summed E-state index contributed by atoms with van der Waals surface area (Å²) in [5.41, 5.74) is 5.26. The van der Waals surface area contributed by atoms with Gasteiger partial charge >= 0.3 is 0 Å². The Morgan fingerprint density at radius 2 is 0.787 bits per heavy atom. The Morgan fingerprint density at radius 1 is 0.362 bits per heavy atom. The summed E-state index contributed by atoms with van der Waals surface area (Å²) in [7, 11) is -0.849. The predicted molar refractivity (Wildman–Crippen MR) is 206 cm³/mol. The molecular weight excluding hydrogens is 604 g/mol. The molecule has 0 fully saturated rings. The first-order valence-corrected chi connectivity index (χ1v) is 18.3. The molecule has 0 aliphatic carbocycles. The molecule has 0 saturated carbocycles. The van der Waals surface area contributed by atoms with Crippen LogP contribution in [0.15, 0.2) is 199 Å². The first-order chi connectivity index (χ1) is 23.3. The lowest BCUT2D eigenvalue weighted by atomic mass is 9.93. The lowest BCUT2D eigenvalue weighted by Gasteiger charge is -2.26. The quantitative estimate of drug-likeness (QED) is 0.118. The molecule has 47 heavy (non-hydrogen) atoms. The van der Waals surface area contributed by atoms with Crippen molar-refractivity contribution >= 4 is 57.1 Å². The largest absolute Gasteiger partial charge is 0.112 e. The van der Waals surface area contributed by atoms with Crippen molar-refractivity contribution in [3.63, 3.8) is 0 Å². The Morgan fingerprint density at radius 3 is 1.32 bits per heavy atom. The van der Waals surface area contributed by atoms with Crippen LogP contribution in [0.4, 0.5) is 0 Å². The minimum Gasteiger partial charge on any atom is -0.112 e. The minimum absolute atomic E-state index is 0.139. The molecule has 0 atom stereocenters. The van der Waals surface area contributed by atoms with Crippen LogP contribution in [0.5, 0.6) is 0 Å². The summed E-state index contributed by atoms with van der Waals surface area (Å²) in [4.78, 5) is 1.29. The molecule has 0 bridgehead atoms. The van der Waals surface area contributed by atoms with Crippen molar-refractivity contribution < 1.29 is 0 Å². The molecule has 8 aromatic rings. The highest BCUT2D eigenvalue weighted by Gasteiger charge is 2.26. The van der Waals surface area contributed by atoms with Crippen LogP contribution in [0.1, 0.15) is 16.4 Å². The summed E-state index contributed by atoms with van der Waals surface area (Å²) in [6, 6.07) is 71.3. The summed E-state index contributed by atoms with van der Waals surface area (Å²) >= 11 is 1.96. The zero-order chi connectivity index (χ0) is 31.4. The van der Waals surface area contributed by atoms with Crippen molar-refractivity contribution in [2.75, 3.05) is 0 Å². The van der Waals surface area contributed by atoms with Crippen LogP contribution in [0, 0.1) is 0 Å². The van der Waals surface area contributed by atoms with Gasteiger partial charge in [-0.15, -0.1) is 11.8 Å². The monoisotopic (exact) mass is 636 g/mol. The molecular formula is C45H33PS. The van der Waals surface area contributed by atoms with E-state index in [2.05, 4.69) is 194 Å². The van der Waals surface area contributed by atoms with E-state index < -0.39 is 7.92 Å². The average Bonchev–Trinajstić information content (AvgIpc) is 3.15. The number of thioether (sulfide) groups is 1. The maximum Gasteiger partial charge on any atom is 0.0594 e. The predicted octanol–water partition coefficient (Wildman–Crippen LogP) is 11.3. The Labute approximate surface area is 282 Å². The molecule has 0 saturated heterocycles. The van der Waals surface area contributed by atoms with Gasteiger partial charge in [0.25, 0.3) is 0 Å². The molecule has 8 aromatic carbocycles. The molecule has 0 unspecified atom stereocenters. The van der Waals surface area contributed by atoms with Gasteiger partial charge in [-0.3, -0.25) is 0 Å². The van der Waals surface area contributed by atoms with Gasteiger partial charge in [-0.05, 0) is 68.1 Å². The molecule has 8 rings (SSSR count). The van der Waals surface area contributed by atoms with Crippen LogP contribution >= 0.6 is 19.7 Å². The molecule has 0 aromatic heterocycles. The zero-order valence-electron chi connectivity index (χ0n) is 25.9. The summed E-state index contributed by atoms with van der Waals surface area (Å²) in [6.07, 6.45) is 0. The van der Waals surface area contributed by atoms with Crippen LogP contribution < -0.4 is 15.9 Å². The van der Waals surface area contributed by atoms with E-state index in [0.717, 1.165) is 0 Å². The van der Waals surface area contributed by atoms with Crippen LogP contribution in [0.2, 0.25) is 0 Å². The van der Waals surface area contributed by atoms with Crippen LogP contribution in [-0.4, -0.2) is 0 Å². The highest BCUT2D eigenvalue weighted by Crippen LogP contribution is 2.49. The van der Waals surface area contributed by atoms with E-state index in [-0.39, 0.29) is 5.25 Å². The van der Waals surface area contributed by atoms with Crippen LogP contribution in [0.3, 0.4) is 0 Å². The second-order valence-electron chi connectivity index (χ2n) is 11.7. The summed E-state index contributed by atoms with van der Waals surface area (Å²) in [5.74, 6) is 0. The molecule has 0 aliphatic heterocycles. The lowest BCUT2D eigenvalue weighted by molar-refractivity contribution is 1.15. The Kier molecular flexibility index (Phi) is 8.42. The maximum atomic E-state index is 2.41. The smallest absolute Gasteiger partial charge is 0.0594 e. The van der Waals surface area contributed by atoms with Crippen LogP contribution in [-0.2, 0) is 0 Å². The summed E-state index contributed by atoms with van der Waals surface area (Å²) < 4.78 is 0. The summed E-state index contributed by atoms with van der Waals surface area (Å²) in [5, 5.41) is 9.31. The van der Waals surface area contributed by atoms with E-state index in [1.807, 2.05) is 11.8 Å². The van der Waals surface area contributed by atoms with Gasteiger partial charge in [-0.25, -0.2) is 0 Å². The van der Waals surface area contributed by atoms with Crippen molar-refractivity contribution in [2.45, 2.75) is 10.1 Å². The average molecular weight is 637 g/mol. The first-order valence-electron chi connectivity index (χ1n) is 16.1.